The van der Waals surface area contributed by atoms with Gasteiger partial charge in [0, 0.05) is 20.8 Å². The maximum Gasteiger partial charge on any atom is 0.303 e. The zero-order valence-electron chi connectivity index (χ0n) is 11.6. The summed E-state index contributed by atoms with van der Waals surface area (Å²) < 4.78 is 18.6. The van der Waals surface area contributed by atoms with Gasteiger partial charge in [-0.2, -0.15) is 5.26 Å². The van der Waals surface area contributed by atoms with Gasteiger partial charge in [-0.3, -0.25) is 14.4 Å². The van der Waals surface area contributed by atoms with E-state index >= 15 is 0 Å². The van der Waals surface area contributed by atoms with E-state index in [2.05, 4.69) is 15.9 Å². The zero-order chi connectivity index (χ0) is 16.2. The highest BCUT2D eigenvalue weighted by molar-refractivity contribution is 9.10. The van der Waals surface area contributed by atoms with Gasteiger partial charge in [-0.15, -0.1) is 0 Å². The van der Waals surface area contributed by atoms with Crippen molar-refractivity contribution in [3.63, 3.8) is 0 Å². The van der Waals surface area contributed by atoms with Crippen molar-refractivity contribution in [2.45, 2.75) is 43.6 Å². The van der Waals surface area contributed by atoms with Crippen molar-refractivity contribution in [1.29, 1.82) is 5.26 Å². The quantitative estimate of drug-likeness (QED) is 0.403. The summed E-state index contributed by atoms with van der Waals surface area (Å²) in [5.74, 6) is -2.01. The number of carbonyl (C=O) groups is 3. The first-order valence-corrected chi connectivity index (χ1v) is 6.74. The number of nitriles is 1. The zero-order valence-corrected chi connectivity index (χ0v) is 13.2. The lowest BCUT2D eigenvalue weighted by Crippen LogP contribution is -2.61. The first kappa shape index (κ1) is 17.4. The van der Waals surface area contributed by atoms with Gasteiger partial charge in [-0.05, 0) is 15.9 Å². The molecule has 1 heterocycles. The summed E-state index contributed by atoms with van der Waals surface area (Å²) in [6.45, 7) is 3.25. The van der Waals surface area contributed by atoms with Gasteiger partial charge >= 0.3 is 17.9 Å². The van der Waals surface area contributed by atoms with E-state index in [1.807, 2.05) is 0 Å². The van der Waals surface area contributed by atoms with Gasteiger partial charge in [-0.25, -0.2) is 0 Å². The number of carbonyl (C=O) groups excluding carboxylic acids is 3. The summed E-state index contributed by atoms with van der Waals surface area (Å²) in [6, 6.07) is 1.80. The maximum atomic E-state index is 11.2. The number of esters is 3. The smallest absolute Gasteiger partial charge is 0.303 e. The van der Waals surface area contributed by atoms with Crippen LogP contribution in [0.5, 0.6) is 0 Å². The fourth-order valence-corrected chi connectivity index (χ4v) is 2.33. The van der Waals surface area contributed by atoms with Crippen LogP contribution in [0.4, 0.5) is 0 Å². The molecule has 1 rings (SSSR count). The summed E-state index contributed by atoms with van der Waals surface area (Å²) in [6.07, 6.45) is -3.44. The minimum absolute atomic E-state index is 0.200. The number of alkyl halides is 1. The van der Waals surface area contributed by atoms with Crippen LogP contribution in [-0.2, 0) is 33.3 Å². The monoisotopic (exact) mass is 363 g/mol. The average Bonchev–Trinajstić information content (AvgIpc) is 2.36. The van der Waals surface area contributed by atoms with E-state index in [0.717, 1.165) is 13.8 Å². The van der Waals surface area contributed by atoms with Crippen LogP contribution in [0.3, 0.4) is 0 Å². The predicted molar refractivity (Wildman–Crippen MR) is 69.9 cm³/mol. The second kappa shape index (κ2) is 6.87. The third-order valence-electron chi connectivity index (χ3n) is 2.55. The van der Waals surface area contributed by atoms with Gasteiger partial charge < -0.3 is 18.9 Å². The van der Waals surface area contributed by atoms with Gasteiger partial charge in [0.1, 0.15) is 6.07 Å². The van der Waals surface area contributed by atoms with E-state index in [4.69, 9.17) is 18.9 Å². The summed E-state index contributed by atoms with van der Waals surface area (Å²) in [4.78, 5) is 33.6. The number of hydrogen-bond acceptors (Lipinski definition) is 8. The predicted octanol–water partition coefficient (Wildman–Crippen LogP) is 0.426. The average molecular weight is 364 g/mol. The van der Waals surface area contributed by atoms with Crippen LogP contribution in [-0.4, -0.2) is 47.3 Å². The molecule has 1 fully saturated rings. The number of halogens is 1. The molecule has 0 spiro atoms. The Labute approximate surface area is 129 Å². The van der Waals surface area contributed by atoms with E-state index in [1.165, 1.54) is 6.92 Å². The topological polar surface area (TPSA) is 112 Å². The molecule has 9 heteroatoms. The molecule has 0 aliphatic carbocycles. The fourth-order valence-electron chi connectivity index (χ4n) is 1.85. The lowest BCUT2D eigenvalue weighted by Gasteiger charge is -2.41. The highest BCUT2D eigenvalue weighted by Gasteiger charge is 2.55. The van der Waals surface area contributed by atoms with Crippen LogP contribution in [0.25, 0.3) is 0 Å². The lowest BCUT2D eigenvalue weighted by atomic mass is 9.99. The molecule has 0 radical (unpaired) electrons. The molecule has 8 nitrogen and oxygen atoms in total. The normalized spacial score (nSPS) is 31.7. The van der Waals surface area contributed by atoms with Crippen molar-refractivity contribution in [2.24, 2.45) is 0 Å². The van der Waals surface area contributed by atoms with Crippen LogP contribution in [0.15, 0.2) is 0 Å². The molecule has 0 aromatic heterocycles. The van der Waals surface area contributed by atoms with Crippen LogP contribution >= 0.6 is 15.9 Å². The van der Waals surface area contributed by atoms with E-state index in [1.54, 1.807) is 6.07 Å². The first-order chi connectivity index (χ1) is 9.69. The molecule has 0 aromatic carbocycles. The van der Waals surface area contributed by atoms with E-state index in [9.17, 15) is 19.6 Å². The van der Waals surface area contributed by atoms with Crippen molar-refractivity contribution in [3.05, 3.63) is 0 Å². The summed E-state index contributed by atoms with van der Waals surface area (Å²) in [7, 11) is 0. The van der Waals surface area contributed by atoms with Crippen molar-refractivity contribution in [1.82, 2.24) is 0 Å². The second-order valence-electron chi connectivity index (χ2n) is 4.32. The Hall–Kier alpha value is -1.66. The molecule has 0 aromatic rings. The molecule has 0 saturated carbocycles. The second-order valence-corrected chi connectivity index (χ2v) is 5.50. The van der Waals surface area contributed by atoms with Gasteiger partial charge in [0.05, 0.1) is 6.61 Å². The Morgan fingerprint density at radius 1 is 1.14 bits per heavy atom. The Kier molecular flexibility index (Phi) is 5.69. The van der Waals surface area contributed by atoms with Gasteiger partial charge in [0.2, 0.25) is 0 Å². The van der Waals surface area contributed by atoms with Crippen LogP contribution < -0.4 is 0 Å². The number of nitrogens with zero attached hydrogens (tertiary/aromatic N) is 1. The highest BCUT2D eigenvalue weighted by Crippen LogP contribution is 2.36. The van der Waals surface area contributed by atoms with E-state index < -0.39 is 40.7 Å². The molecule has 1 aliphatic rings. The van der Waals surface area contributed by atoms with Gasteiger partial charge in [-0.1, -0.05) is 0 Å². The summed E-state index contributed by atoms with van der Waals surface area (Å²) in [5.41, 5.74) is 0. The molecule has 0 bridgehead atoms. The molecule has 116 valence electrons. The van der Waals surface area contributed by atoms with E-state index in [-0.39, 0.29) is 6.61 Å². The third-order valence-corrected chi connectivity index (χ3v) is 3.41. The third kappa shape index (κ3) is 4.41. The van der Waals surface area contributed by atoms with Crippen molar-refractivity contribution < 1.29 is 33.3 Å². The molecule has 21 heavy (non-hydrogen) atoms. The fraction of sp³-hybridized carbons (Fsp3) is 0.667. The molecule has 1 aliphatic heterocycles. The summed E-state index contributed by atoms with van der Waals surface area (Å²) >= 11 is 3.02. The molecule has 0 amide bonds. The Bertz CT molecular complexity index is 488. The molecular formula is C12H14BrNO7. The molecule has 1 saturated heterocycles. The van der Waals surface area contributed by atoms with Gasteiger partial charge in [0.15, 0.2) is 18.3 Å². The molecular weight excluding hydrogens is 350 g/mol. The van der Waals surface area contributed by atoms with Crippen molar-refractivity contribution in [2.75, 3.05) is 6.61 Å². The van der Waals surface area contributed by atoms with Crippen molar-refractivity contribution >= 4 is 33.8 Å². The van der Waals surface area contributed by atoms with E-state index in [0.29, 0.717) is 0 Å². The van der Waals surface area contributed by atoms with Crippen LogP contribution in [0, 0.1) is 11.3 Å². The number of rotatable bonds is 3. The van der Waals surface area contributed by atoms with Crippen LogP contribution in [0.2, 0.25) is 0 Å². The standard InChI is InChI=1S/C12H14BrNO7/c1-6(15)19-9-4-18-12(13,5-14)11(21-8(3)17)10(9)20-7(2)16/h9-11H,4H2,1-3H3/t9-,10-,11+,12-/m1/s1. The minimum atomic E-state index is -1.70. The first-order valence-electron chi connectivity index (χ1n) is 5.95. The SMILES string of the molecule is CC(=O)O[C@@H]1[C@H](OC(C)=O)CO[C@](Br)(C#N)[C@H]1OC(C)=O. The number of ether oxygens (including phenoxy) is 4. The highest BCUT2D eigenvalue weighted by atomic mass is 79.9. The maximum absolute atomic E-state index is 11.2. The number of hydrogen-bond donors (Lipinski definition) is 0. The Morgan fingerprint density at radius 3 is 2.10 bits per heavy atom. The molecule has 4 atom stereocenters. The van der Waals surface area contributed by atoms with Crippen LogP contribution in [0.1, 0.15) is 20.8 Å². The lowest BCUT2D eigenvalue weighted by molar-refractivity contribution is -0.222. The van der Waals surface area contributed by atoms with Crippen molar-refractivity contribution in [3.8, 4) is 6.07 Å². The summed E-state index contributed by atoms with van der Waals surface area (Å²) in [5, 5.41) is 9.19. The van der Waals surface area contributed by atoms with Gasteiger partial charge in [0.25, 0.3) is 4.51 Å². The molecule has 0 N–H and O–H groups in total. The molecule has 0 unspecified atom stereocenters. The Morgan fingerprint density at radius 2 is 1.67 bits per heavy atom. The minimum Gasteiger partial charge on any atom is -0.456 e. The largest absolute Gasteiger partial charge is 0.456 e. The Balaban J connectivity index is 3.13.